The van der Waals surface area contributed by atoms with Crippen LogP contribution in [0.25, 0.3) is 0 Å². The maximum Gasteiger partial charge on any atom is 0.330 e. The van der Waals surface area contributed by atoms with Gasteiger partial charge in [0.05, 0.1) is 19.9 Å². The van der Waals surface area contributed by atoms with Gasteiger partial charge in [0.2, 0.25) is 11.7 Å². The number of nitrogens with one attached hydrogen (secondary N) is 2. The van der Waals surface area contributed by atoms with E-state index in [1.165, 1.54) is 6.92 Å². The van der Waals surface area contributed by atoms with E-state index in [4.69, 9.17) is 0 Å². The molecule has 1 aromatic rings. The molecule has 1 amide bonds. The molecule has 1 rings (SSSR count). The van der Waals surface area contributed by atoms with Crippen molar-refractivity contribution in [1.82, 2.24) is 14.9 Å². The number of amides is 1. The van der Waals surface area contributed by atoms with Crippen molar-refractivity contribution in [2.75, 3.05) is 7.11 Å². The first-order chi connectivity index (χ1) is 8.85. The van der Waals surface area contributed by atoms with Gasteiger partial charge in [-0.1, -0.05) is 0 Å². The van der Waals surface area contributed by atoms with Crippen LogP contribution < -0.4 is 16.6 Å². The van der Waals surface area contributed by atoms with Gasteiger partial charge in [0.25, 0.3) is 5.56 Å². The first-order valence-electron chi connectivity index (χ1n) is 5.19. The molecular formula is C10H12FN3O5. The highest BCUT2D eigenvalue weighted by Crippen LogP contribution is 1.94. The van der Waals surface area contributed by atoms with Gasteiger partial charge in [0.15, 0.2) is 0 Å². The molecule has 0 fully saturated rings. The molecule has 19 heavy (non-hydrogen) atoms. The van der Waals surface area contributed by atoms with E-state index in [0.717, 1.165) is 11.7 Å². The predicted octanol–water partition coefficient (Wildman–Crippen LogP) is -1.65. The third kappa shape index (κ3) is 3.76. The number of aromatic nitrogens is 2. The number of esters is 1. The van der Waals surface area contributed by atoms with Crippen LogP contribution in [-0.4, -0.2) is 34.6 Å². The van der Waals surface area contributed by atoms with Gasteiger partial charge in [0.1, 0.15) is 6.04 Å². The number of nitrogens with zero attached hydrogens (tertiary/aromatic N) is 1. The maximum atomic E-state index is 13.0. The Morgan fingerprint density at radius 2 is 2.16 bits per heavy atom. The third-order valence-electron chi connectivity index (χ3n) is 2.21. The van der Waals surface area contributed by atoms with Gasteiger partial charge in [0, 0.05) is 6.92 Å². The maximum absolute atomic E-state index is 13.0. The van der Waals surface area contributed by atoms with Gasteiger partial charge in [-0.05, 0) is 0 Å². The molecule has 0 spiro atoms. The number of methoxy groups -OCH3 is 1. The minimum absolute atomic E-state index is 0.362. The molecule has 9 heteroatoms. The summed E-state index contributed by atoms with van der Waals surface area (Å²) in [6.07, 6.45) is 0.652. The standard InChI is InChI=1S/C10H12FN3O5/c1-5(15)12-7(9(17)19-2)4-14-3-6(11)8(16)13-10(14)18/h3,7H,4H2,1-2H3,(H,12,15)(H,13,16,18). The van der Waals surface area contributed by atoms with Crippen LogP contribution in [0, 0.1) is 5.82 Å². The number of carbonyl (C=O) groups excluding carboxylic acids is 2. The third-order valence-corrected chi connectivity index (χ3v) is 2.21. The molecule has 104 valence electrons. The summed E-state index contributed by atoms with van der Waals surface area (Å²) in [7, 11) is 1.10. The Labute approximate surface area is 106 Å². The molecule has 2 N–H and O–H groups in total. The lowest BCUT2D eigenvalue weighted by Crippen LogP contribution is -2.46. The van der Waals surface area contributed by atoms with Gasteiger partial charge in [-0.15, -0.1) is 0 Å². The van der Waals surface area contributed by atoms with Gasteiger partial charge in [-0.25, -0.2) is 9.59 Å². The summed E-state index contributed by atoms with van der Waals surface area (Å²) in [5.74, 6) is -2.49. The number of aromatic amines is 1. The number of halogens is 1. The van der Waals surface area contributed by atoms with E-state index in [1.54, 1.807) is 4.98 Å². The summed E-state index contributed by atoms with van der Waals surface area (Å²) in [6.45, 7) is 0.810. The molecule has 0 radical (unpaired) electrons. The van der Waals surface area contributed by atoms with Gasteiger partial charge < -0.3 is 10.1 Å². The summed E-state index contributed by atoms with van der Waals surface area (Å²) in [4.78, 5) is 46.3. The molecular weight excluding hydrogens is 261 g/mol. The highest BCUT2D eigenvalue weighted by atomic mass is 19.1. The topological polar surface area (TPSA) is 110 Å². The minimum atomic E-state index is -1.17. The lowest BCUT2D eigenvalue weighted by Gasteiger charge is -2.16. The number of rotatable bonds is 4. The van der Waals surface area contributed by atoms with Crippen molar-refractivity contribution in [2.24, 2.45) is 0 Å². The van der Waals surface area contributed by atoms with Crippen molar-refractivity contribution in [1.29, 1.82) is 0 Å². The molecule has 0 aromatic carbocycles. The van der Waals surface area contributed by atoms with E-state index in [-0.39, 0.29) is 6.54 Å². The minimum Gasteiger partial charge on any atom is -0.467 e. The molecule has 1 heterocycles. The first kappa shape index (κ1) is 14.6. The second kappa shape index (κ2) is 5.94. The van der Waals surface area contributed by atoms with Gasteiger partial charge >= 0.3 is 11.7 Å². The Hall–Kier alpha value is -2.45. The number of H-pyrrole nitrogens is 1. The van der Waals surface area contributed by atoms with Crippen molar-refractivity contribution in [3.8, 4) is 0 Å². The summed E-state index contributed by atoms with van der Waals surface area (Å²) in [5.41, 5.74) is -2.05. The Kier molecular flexibility index (Phi) is 4.56. The quantitative estimate of drug-likeness (QED) is 0.639. The van der Waals surface area contributed by atoms with Crippen molar-refractivity contribution in [3.05, 3.63) is 32.9 Å². The second-order valence-electron chi connectivity index (χ2n) is 3.66. The van der Waals surface area contributed by atoms with Crippen LogP contribution in [0.1, 0.15) is 6.92 Å². The molecule has 0 saturated heterocycles. The van der Waals surface area contributed by atoms with Crippen molar-refractivity contribution < 1.29 is 18.7 Å². The van der Waals surface area contributed by atoms with E-state index in [1.807, 2.05) is 0 Å². The predicted molar refractivity (Wildman–Crippen MR) is 60.9 cm³/mol. The summed E-state index contributed by atoms with van der Waals surface area (Å²) >= 11 is 0. The molecule has 0 saturated carbocycles. The smallest absolute Gasteiger partial charge is 0.330 e. The number of hydrogen-bond acceptors (Lipinski definition) is 5. The number of ether oxygens (including phenoxy) is 1. The number of hydrogen-bond donors (Lipinski definition) is 2. The zero-order chi connectivity index (χ0) is 14.6. The summed E-state index contributed by atoms with van der Waals surface area (Å²) < 4.78 is 18.3. The second-order valence-corrected chi connectivity index (χ2v) is 3.66. The van der Waals surface area contributed by atoms with E-state index in [2.05, 4.69) is 10.1 Å². The van der Waals surface area contributed by atoms with Crippen molar-refractivity contribution in [2.45, 2.75) is 19.5 Å². The largest absolute Gasteiger partial charge is 0.467 e. The van der Waals surface area contributed by atoms with Crippen molar-refractivity contribution >= 4 is 11.9 Å². The normalized spacial score (nSPS) is 11.7. The molecule has 0 aliphatic carbocycles. The molecule has 1 aromatic heterocycles. The lowest BCUT2D eigenvalue weighted by molar-refractivity contribution is -0.145. The van der Waals surface area contributed by atoms with Crippen LogP contribution >= 0.6 is 0 Å². The zero-order valence-electron chi connectivity index (χ0n) is 10.2. The first-order valence-corrected chi connectivity index (χ1v) is 5.19. The average Bonchev–Trinajstić information content (AvgIpc) is 2.33. The number of carbonyl (C=O) groups is 2. The summed E-state index contributed by atoms with van der Waals surface area (Å²) in [5, 5.41) is 2.25. The SMILES string of the molecule is COC(=O)C(Cn1cc(F)c(=O)[nH]c1=O)NC(C)=O. The van der Waals surface area contributed by atoms with Crippen LogP contribution in [0.4, 0.5) is 4.39 Å². The zero-order valence-corrected chi connectivity index (χ0v) is 10.2. The van der Waals surface area contributed by atoms with Crippen LogP contribution in [-0.2, 0) is 20.9 Å². The van der Waals surface area contributed by atoms with E-state index in [0.29, 0.717) is 6.20 Å². The van der Waals surface area contributed by atoms with Crippen LogP contribution in [0.2, 0.25) is 0 Å². The van der Waals surface area contributed by atoms with Gasteiger partial charge in [-0.2, -0.15) is 4.39 Å². The van der Waals surface area contributed by atoms with Crippen LogP contribution in [0.5, 0.6) is 0 Å². The molecule has 0 aliphatic heterocycles. The lowest BCUT2D eigenvalue weighted by atomic mass is 10.3. The summed E-state index contributed by atoms with van der Waals surface area (Å²) in [6, 6.07) is -1.16. The van der Waals surface area contributed by atoms with E-state index in [9.17, 15) is 23.6 Å². The Balaban J connectivity index is 3.06. The monoisotopic (exact) mass is 273 g/mol. The Bertz CT molecular complexity index is 606. The molecule has 0 bridgehead atoms. The van der Waals surface area contributed by atoms with Crippen molar-refractivity contribution in [3.63, 3.8) is 0 Å². The fourth-order valence-electron chi connectivity index (χ4n) is 1.38. The molecule has 0 aliphatic rings. The fraction of sp³-hybridized carbons (Fsp3) is 0.400. The molecule has 1 atom stereocenters. The highest BCUT2D eigenvalue weighted by Gasteiger charge is 2.21. The van der Waals surface area contributed by atoms with E-state index >= 15 is 0 Å². The highest BCUT2D eigenvalue weighted by molar-refractivity contribution is 5.83. The average molecular weight is 273 g/mol. The van der Waals surface area contributed by atoms with Gasteiger partial charge in [-0.3, -0.25) is 19.1 Å². The Morgan fingerprint density at radius 1 is 1.53 bits per heavy atom. The fourth-order valence-corrected chi connectivity index (χ4v) is 1.38. The molecule has 1 unspecified atom stereocenters. The van der Waals surface area contributed by atoms with Crippen LogP contribution in [0.3, 0.4) is 0 Å². The van der Waals surface area contributed by atoms with E-state index < -0.39 is 35.0 Å². The Morgan fingerprint density at radius 3 is 2.68 bits per heavy atom. The van der Waals surface area contributed by atoms with Crippen LogP contribution in [0.15, 0.2) is 15.8 Å². The molecule has 8 nitrogen and oxygen atoms in total.